The summed E-state index contributed by atoms with van der Waals surface area (Å²) in [5.74, 6) is -4.22. The zero-order valence-corrected chi connectivity index (χ0v) is 19.2. The molecular formula is C23H26F4N6O2. The zero-order chi connectivity index (χ0) is 25.4. The van der Waals surface area contributed by atoms with Crippen LogP contribution in [0.2, 0.25) is 0 Å². The topological polar surface area (TPSA) is 104 Å². The third-order valence-corrected chi connectivity index (χ3v) is 5.98. The largest absolute Gasteiger partial charge is 0.387 e. The minimum absolute atomic E-state index is 0.0380. The van der Waals surface area contributed by atoms with E-state index < -0.39 is 42.0 Å². The highest BCUT2D eigenvalue weighted by Crippen LogP contribution is 2.38. The number of fused-ring (bicyclic) bond motifs is 1. The molecule has 0 radical (unpaired) electrons. The standard InChI is InChI=1S/C23H26F4N6O2/c1-22(2,35)17(24)12-29-21(34)13-11-28-19(10-15(13)31-18-4-3-7-23(18,26)27)32-14-6-9-33-16(20(14)25)5-8-30-33/h5-6,8-11,17-18,35H,3-4,7,12H2,1-2H3,(H,29,34)(H2,28,31,32). The molecule has 1 amide bonds. The molecule has 1 saturated carbocycles. The zero-order valence-electron chi connectivity index (χ0n) is 19.2. The summed E-state index contributed by atoms with van der Waals surface area (Å²) in [5.41, 5.74) is -1.43. The van der Waals surface area contributed by atoms with E-state index in [-0.39, 0.29) is 41.1 Å². The van der Waals surface area contributed by atoms with E-state index >= 15 is 0 Å². The Morgan fingerprint density at radius 3 is 2.80 bits per heavy atom. The van der Waals surface area contributed by atoms with Gasteiger partial charge in [0.1, 0.15) is 17.5 Å². The lowest BCUT2D eigenvalue weighted by atomic mass is 10.0. The molecule has 0 bridgehead atoms. The Kier molecular flexibility index (Phi) is 6.58. The number of carbonyl (C=O) groups excluding carboxylic acids is 1. The fraction of sp³-hybridized carbons (Fsp3) is 0.435. The number of anilines is 3. The first kappa shape index (κ1) is 24.7. The van der Waals surface area contributed by atoms with Gasteiger partial charge in [-0.3, -0.25) is 4.79 Å². The van der Waals surface area contributed by atoms with E-state index in [0.29, 0.717) is 6.42 Å². The number of alkyl halides is 3. The lowest BCUT2D eigenvalue weighted by Gasteiger charge is -2.24. The van der Waals surface area contributed by atoms with Crippen molar-refractivity contribution in [3.8, 4) is 0 Å². The molecule has 188 valence electrons. The van der Waals surface area contributed by atoms with E-state index in [9.17, 15) is 27.5 Å². The van der Waals surface area contributed by atoms with E-state index in [0.717, 1.165) is 6.20 Å². The van der Waals surface area contributed by atoms with E-state index in [2.05, 4.69) is 26.0 Å². The summed E-state index contributed by atoms with van der Waals surface area (Å²) >= 11 is 0. The van der Waals surface area contributed by atoms with Crippen molar-refractivity contribution in [2.24, 2.45) is 0 Å². The van der Waals surface area contributed by atoms with Crippen molar-refractivity contribution in [1.82, 2.24) is 19.9 Å². The Morgan fingerprint density at radius 2 is 2.11 bits per heavy atom. The summed E-state index contributed by atoms with van der Waals surface area (Å²) in [4.78, 5) is 16.9. The molecule has 1 aliphatic carbocycles. The molecule has 35 heavy (non-hydrogen) atoms. The molecule has 0 saturated heterocycles. The summed E-state index contributed by atoms with van der Waals surface area (Å²) in [5, 5.41) is 21.6. The Morgan fingerprint density at radius 1 is 1.34 bits per heavy atom. The lowest BCUT2D eigenvalue weighted by Crippen LogP contribution is -2.42. The molecule has 2 unspecified atom stereocenters. The van der Waals surface area contributed by atoms with E-state index in [1.165, 1.54) is 49.0 Å². The average Bonchev–Trinajstić information content (AvgIpc) is 3.40. The summed E-state index contributed by atoms with van der Waals surface area (Å²) < 4.78 is 58.9. The van der Waals surface area contributed by atoms with Gasteiger partial charge in [-0.15, -0.1) is 0 Å². The highest BCUT2D eigenvalue weighted by atomic mass is 19.3. The molecule has 0 aliphatic heterocycles. The fourth-order valence-electron chi connectivity index (χ4n) is 3.84. The number of nitrogens with one attached hydrogen (secondary N) is 3. The van der Waals surface area contributed by atoms with Crippen LogP contribution in [0, 0.1) is 5.82 Å². The second-order valence-corrected chi connectivity index (χ2v) is 9.13. The first-order valence-corrected chi connectivity index (χ1v) is 11.1. The molecule has 3 aromatic heterocycles. The van der Waals surface area contributed by atoms with Crippen LogP contribution >= 0.6 is 0 Å². The highest BCUT2D eigenvalue weighted by Gasteiger charge is 2.44. The van der Waals surface area contributed by atoms with E-state index in [1.807, 2.05) is 0 Å². The number of rotatable bonds is 8. The van der Waals surface area contributed by atoms with Gasteiger partial charge >= 0.3 is 0 Å². The van der Waals surface area contributed by atoms with Gasteiger partial charge in [-0.05, 0) is 38.8 Å². The average molecular weight is 494 g/mol. The maximum Gasteiger partial charge on any atom is 0.267 e. The number of hydrogen-bond donors (Lipinski definition) is 4. The first-order valence-electron chi connectivity index (χ1n) is 11.1. The Balaban J connectivity index is 1.61. The number of nitrogens with zero attached hydrogens (tertiary/aromatic N) is 3. The van der Waals surface area contributed by atoms with Crippen molar-refractivity contribution >= 4 is 28.6 Å². The van der Waals surface area contributed by atoms with Crippen molar-refractivity contribution in [2.45, 2.75) is 56.8 Å². The number of hydrogen-bond acceptors (Lipinski definition) is 6. The Bertz CT molecular complexity index is 1230. The predicted octanol–water partition coefficient (Wildman–Crippen LogP) is 4.05. The van der Waals surface area contributed by atoms with Crippen LogP contribution in [0.25, 0.3) is 5.52 Å². The molecule has 2 atom stereocenters. The smallest absolute Gasteiger partial charge is 0.267 e. The maximum absolute atomic E-state index is 14.8. The molecular weight excluding hydrogens is 468 g/mol. The van der Waals surface area contributed by atoms with Crippen molar-refractivity contribution in [3.05, 3.63) is 48.2 Å². The van der Waals surface area contributed by atoms with Crippen molar-refractivity contribution in [1.29, 1.82) is 0 Å². The maximum atomic E-state index is 14.8. The van der Waals surface area contributed by atoms with Crippen LogP contribution in [-0.2, 0) is 0 Å². The normalized spacial score (nSPS) is 18.4. The van der Waals surface area contributed by atoms with Crippen LogP contribution in [0.4, 0.5) is 34.8 Å². The number of pyridine rings is 2. The fourth-order valence-corrected chi connectivity index (χ4v) is 3.84. The van der Waals surface area contributed by atoms with Gasteiger partial charge < -0.3 is 21.1 Å². The SMILES string of the molecule is CC(C)(O)C(F)CNC(=O)c1cnc(Nc2ccn3nccc3c2F)cc1NC1CCCC1(F)F. The van der Waals surface area contributed by atoms with Crippen LogP contribution in [0.15, 0.2) is 36.8 Å². The summed E-state index contributed by atoms with van der Waals surface area (Å²) in [6.07, 6.45) is 2.59. The molecule has 1 fully saturated rings. The highest BCUT2D eigenvalue weighted by molar-refractivity contribution is 6.00. The summed E-state index contributed by atoms with van der Waals surface area (Å²) in [7, 11) is 0. The van der Waals surface area contributed by atoms with Gasteiger partial charge in [0.2, 0.25) is 0 Å². The third kappa shape index (κ3) is 5.31. The van der Waals surface area contributed by atoms with Crippen LogP contribution in [0.1, 0.15) is 43.5 Å². The van der Waals surface area contributed by atoms with Crippen molar-refractivity contribution < 1.29 is 27.5 Å². The van der Waals surface area contributed by atoms with E-state index in [4.69, 9.17) is 0 Å². The molecule has 4 N–H and O–H groups in total. The van der Waals surface area contributed by atoms with Gasteiger partial charge in [0.25, 0.3) is 11.8 Å². The van der Waals surface area contributed by atoms with Crippen LogP contribution in [-0.4, -0.2) is 55.9 Å². The number of aromatic nitrogens is 3. The quantitative estimate of drug-likeness (QED) is 0.353. The van der Waals surface area contributed by atoms with Gasteiger partial charge in [0, 0.05) is 24.9 Å². The molecule has 1 aliphatic rings. The number of amides is 1. The molecule has 0 spiro atoms. The second-order valence-electron chi connectivity index (χ2n) is 9.13. The van der Waals surface area contributed by atoms with Gasteiger partial charge in [0.15, 0.2) is 5.82 Å². The monoisotopic (exact) mass is 494 g/mol. The minimum atomic E-state index is -2.98. The number of carbonyl (C=O) groups is 1. The van der Waals surface area contributed by atoms with Crippen LogP contribution in [0.3, 0.4) is 0 Å². The van der Waals surface area contributed by atoms with Gasteiger partial charge in [-0.25, -0.2) is 27.1 Å². The predicted molar refractivity (Wildman–Crippen MR) is 122 cm³/mol. The number of aliphatic hydroxyl groups is 1. The van der Waals surface area contributed by atoms with Gasteiger partial charge in [0.05, 0.1) is 41.3 Å². The van der Waals surface area contributed by atoms with Crippen LogP contribution in [0.5, 0.6) is 0 Å². The van der Waals surface area contributed by atoms with E-state index in [1.54, 1.807) is 0 Å². The molecule has 0 aromatic carbocycles. The molecule has 3 heterocycles. The molecule has 8 nitrogen and oxygen atoms in total. The molecule has 4 rings (SSSR count). The van der Waals surface area contributed by atoms with Crippen LogP contribution < -0.4 is 16.0 Å². The van der Waals surface area contributed by atoms with Crippen molar-refractivity contribution in [2.75, 3.05) is 17.2 Å². The minimum Gasteiger partial charge on any atom is -0.387 e. The third-order valence-electron chi connectivity index (χ3n) is 5.98. The van der Waals surface area contributed by atoms with Crippen molar-refractivity contribution in [3.63, 3.8) is 0 Å². The van der Waals surface area contributed by atoms with Gasteiger partial charge in [-0.2, -0.15) is 5.10 Å². The lowest BCUT2D eigenvalue weighted by molar-refractivity contribution is -0.00208. The molecule has 12 heteroatoms. The number of halogens is 4. The first-order chi connectivity index (χ1) is 16.5. The summed E-state index contributed by atoms with van der Waals surface area (Å²) in [6.45, 7) is 2.04. The summed E-state index contributed by atoms with van der Waals surface area (Å²) in [6, 6.07) is 3.04. The second kappa shape index (κ2) is 9.33. The Hall–Kier alpha value is -3.41. The Labute approximate surface area is 198 Å². The molecule has 3 aromatic rings. The van der Waals surface area contributed by atoms with Gasteiger partial charge in [-0.1, -0.05) is 0 Å².